The van der Waals surface area contributed by atoms with Gasteiger partial charge >= 0.3 is 6.03 Å². The zero-order valence-electron chi connectivity index (χ0n) is 13.3. The first kappa shape index (κ1) is 15.9. The summed E-state index contributed by atoms with van der Waals surface area (Å²) < 4.78 is 2.41. The Morgan fingerprint density at radius 3 is 2.62 bits per heavy atom. The van der Waals surface area contributed by atoms with Crippen LogP contribution in [0.15, 0.2) is 6.20 Å². The molecule has 0 saturated heterocycles. The highest BCUT2D eigenvalue weighted by Gasteiger charge is 2.18. The summed E-state index contributed by atoms with van der Waals surface area (Å²) in [5.41, 5.74) is 1.25. The summed E-state index contributed by atoms with van der Waals surface area (Å²) in [7, 11) is 1.63. The van der Waals surface area contributed by atoms with Crippen molar-refractivity contribution >= 4 is 6.03 Å². The maximum atomic E-state index is 11.2. The van der Waals surface area contributed by atoms with Gasteiger partial charge in [0.15, 0.2) is 0 Å². The van der Waals surface area contributed by atoms with Gasteiger partial charge < -0.3 is 15.2 Å². The minimum absolute atomic E-state index is 0.129. The Labute approximate surface area is 127 Å². The number of amides is 2. The molecule has 5 nitrogen and oxygen atoms in total. The summed E-state index contributed by atoms with van der Waals surface area (Å²) in [6, 6.07) is 0.457. The van der Waals surface area contributed by atoms with Crippen molar-refractivity contribution in [3.8, 4) is 0 Å². The molecule has 0 aliphatic heterocycles. The molecule has 0 bridgehead atoms. The number of aromatic nitrogens is 2. The van der Waals surface area contributed by atoms with Gasteiger partial charge in [-0.15, -0.1) is 0 Å². The fourth-order valence-electron chi connectivity index (χ4n) is 3.25. The molecule has 1 aromatic heterocycles. The van der Waals surface area contributed by atoms with Crippen molar-refractivity contribution in [2.24, 2.45) is 0 Å². The van der Waals surface area contributed by atoms with E-state index in [1.807, 2.05) is 6.20 Å². The van der Waals surface area contributed by atoms with Gasteiger partial charge in [0.1, 0.15) is 5.82 Å². The molecule has 0 spiro atoms. The molecular weight excluding hydrogens is 264 g/mol. The van der Waals surface area contributed by atoms with Crippen LogP contribution < -0.4 is 10.6 Å². The van der Waals surface area contributed by atoms with Gasteiger partial charge in [-0.25, -0.2) is 9.78 Å². The predicted octanol–water partition coefficient (Wildman–Crippen LogP) is 2.95. The van der Waals surface area contributed by atoms with Crippen LogP contribution in [0.3, 0.4) is 0 Å². The average Bonchev–Trinajstić information content (AvgIpc) is 2.80. The number of rotatable bonds is 4. The lowest BCUT2D eigenvalue weighted by Gasteiger charge is -2.24. The summed E-state index contributed by atoms with van der Waals surface area (Å²) in [5, 5.41) is 5.41. The number of nitrogens with zero attached hydrogens (tertiary/aromatic N) is 2. The topological polar surface area (TPSA) is 59.0 Å². The van der Waals surface area contributed by atoms with E-state index in [0.717, 1.165) is 12.2 Å². The maximum absolute atomic E-state index is 11.2. The predicted molar refractivity (Wildman–Crippen MR) is 84.5 cm³/mol. The summed E-state index contributed by atoms with van der Waals surface area (Å²) in [6.45, 7) is 2.77. The lowest BCUT2D eigenvalue weighted by Crippen LogP contribution is -2.34. The van der Waals surface area contributed by atoms with Crippen molar-refractivity contribution in [2.75, 3.05) is 13.6 Å². The molecule has 0 aromatic carbocycles. The minimum atomic E-state index is -0.129. The molecule has 1 fully saturated rings. The van der Waals surface area contributed by atoms with Crippen molar-refractivity contribution in [2.45, 2.75) is 64.3 Å². The highest BCUT2D eigenvalue weighted by molar-refractivity contribution is 5.73. The van der Waals surface area contributed by atoms with E-state index in [9.17, 15) is 4.79 Å². The second kappa shape index (κ2) is 8.05. The van der Waals surface area contributed by atoms with E-state index < -0.39 is 0 Å². The quantitative estimate of drug-likeness (QED) is 0.896. The molecule has 118 valence electrons. The Morgan fingerprint density at radius 2 is 1.95 bits per heavy atom. The molecule has 0 atom stereocenters. The molecule has 21 heavy (non-hydrogen) atoms. The molecule has 2 N–H and O–H groups in total. The fraction of sp³-hybridized carbons (Fsp3) is 0.750. The number of hydrogen-bond donors (Lipinski definition) is 2. The molecule has 0 radical (unpaired) electrons. The molecule has 2 rings (SSSR count). The lowest BCUT2D eigenvalue weighted by atomic mass is 9.96. The van der Waals surface area contributed by atoms with Gasteiger partial charge in [0, 0.05) is 37.9 Å². The van der Waals surface area contributed by atoms with Crippen LogP contribution in [0.25, 0.3) is 0 Å². The van der Waals surface area contributed by atoms with E-state index in [4.69, 9.17) is 0 Å². The van der Waals surface area contributed by atoms with Gasteiger partial charge in [-0.3, -0.25) is 0 Å². The number of carbonyl (C=O) groups excluding carboxylic acids is 1. The highest BCUT2D eigenvalue weighted by Crippen LogP contribution is 2.28. The molecular formula is C16H28N4O. The Hall–Kier alpha value is -1.52. The van der Waals surface area contributed by atoms with E-state index in [-0.39, 0.29) is 6.03 Å². The van der Waals surface area contributed by atoms with Crippen molar-refractivity contribution in [3.63, 3.8) is 0 Å². The Bertz CT molecular complexity index is 447. The van der Waals surface area contributed by atoms with Crippen LogP contribution in [0.4, 0.5) is 4.79 Å². The van der Waals surface area contributed by atoms with Gasteiger partial charge in [-0.05, 0) is 19.8 Å². The molecule has 1 aromatic rings. The zero-order chi connectivity index (χ0) is 15.1. The first-order valence-corrected chi connectivity index (χ1v) is 8.20. The van der Waals surface area contributed by atoms with Crippen molar-refractivity contribution in [1.29, 1.82) is 0 Å². The molecule has 5 heteroatoms. The fourth-order valence-corrected chi connectivity index (χ4v) is 3.25. The van der Waals surface area contributed by atoms with Crippen LogP contribution in [0.5, 0.6) is 0 Å². The molecule has 2 amide bonds. The van der Waals surface area contributed by atoms with E-state index in [1.54, 1.807) is 7.05 Å². The first-order valence-electron chi connectivity index (χ1n) is 8.20. The second-order valence-corrected chi connectivity index (χ2v) is 5.94. The highest BCUT2D eigenvalue weighted by atomic mass is 16.2. The number of urea groups is 1. The van der Waals surface area contributed by atoms with Crippen LogP contribution in [0, 0.1) is 6.92 Å². The summed E-state index contributed by atoms with van der Waals surface area (Å²) >= 11 is 0. The van der Waals surface area contributed by atoms with Crippen LogP contribution >= 0.6 is 0 Å². The van der Waals surface area contributed by atoms with Crippen LogP contribution in [0.2, 0.25) is 0 Å². The van der Waals surface area contributed by atoms with Gasteiger partial charge in [0.05, 0.1) is 0 Å². The second-order valence-electron chi connectivity index (χ2n) is 5.94. The van der Waals surface area contributed by atoms with Crippen molar-refractivity contribution in [1.82, 2.24) is 20.2 Å². The summed E-state index contributed by atoms with van der Waals surface area (Å²) in [6.07, 6.45) is 12.0. The Kier molecular flexibility index (Phi) is 6.08. The smallest absolute Gasteiger partial charge is 0.314 e. The Morgan fingerprint density at radius 1 is 1.29 bits per heavy atom. The van der Waals surface area contributed by atoms with Crippen LogP contribution in [0.1, 0.15) is 62.5 Å². The monoisotopic (exact) mass is 292 g/mol. The third-order valence-corrected chi connectivity index (χ3v) is 4.36. The third kappa shape index (κ3) is 4.48. The molecule has 1 aliphatic rings. The largest absolute Gasteiger partial charge is 0.341 e. The summed E-state index contributed by atoms with van der Waals surface area (Å²) in [4.78, 5) is 15.8. The molecule has 0 unspecified atom stereocenters. The molecule has 1 heterocycles. The van der Waals surface area contributed by atoms with E-state index in [1.165, 1.54) is 50.6 Å². The summed E-state index contributed by atoms with van der Waals surface area (Å²) in [5.74, 6) is 1.11. The third-order valence-electron chi connectivity index (χ3n) is 4.36. The SMILES string of the molecule is CNC(=O)NCCc1ncc(C)n1C1CCCCCCC1. The lowest BCUT2D eigenvalue weighted by molar-refractivity contribution is 0.243. The maximum Gasteiger partial charge on any atom is 0.314 e. The van der Waals surface area contributed by atoms with Gasteiger partial charge in [-0.1, -0.05) is 32.1 Å². The first-order chi connectivity index (χ1) is 10.2. The van der Waals surface area contributed by atoms with Crippen LogP contribution in [-0.2, 0) is 6.42 Å². The number of nitrogens with one attached hydrogen (secondary N) is 2. The number of hydrogen-bond acceptors (Lipinski definition) is 2. The minimum Gasteiger partial charge on any atom is -0.341 e. The van der Waals surface area contributed by atoms with E-state index >= 15 is 0 Å². The van der Waals surface area contributed by atoms with E-state index in [0.29, 0.717) is 12.6 Å². The van der Waals surface area contributed by atoms with Crippen molar-refractivity contribution in [3.05, 3.63) is 17.7 Å². The van der Waals surface area contributed by atoms with Crippen molar-refractivity contribution < 1.29 is 4.79 Å². The zero-order valence-corrected chi connectivity index (χ0v) is 13.3. The van der Waals surface area contributed by atoms with Crippen LogP contribution in [-0.4, -0.2) is 29.2 Å². The van der Waals surface area contributed by atoms with Gasteiger partial charge in [0.2, 0.25) is 0 Å². The molecule has 1 aliphatic carbocycles. The number of imidazole rings is 1. The Balaban J connectivity index is 2.00. The standard InChI is InChI=1S/C16H28N4O/c1-13-12-19-15(10-11-18-16(21)17-2)20(13)14-8-6-4-3-5-7-9-14/h12,14H,3-11H2,1-2H3,(H2,17,18,21). The normalized spacial score (nSPS) is 17.0. The molecule has 1 saturated carbocycles. The van der Waals surface area contributed by atoms with E-state index in [2.05, 4.69) is 27.1 Å². The van der Waals surface area contributed by atoms with Gasteiger partial charge in [0.25, 0.3) is 0 Å². The number of aryl methyl sites for hydroxylation is 1. The van der Waals surface area contributed by atoms with Gasteiger partial charge in [-0.2, -0.15) is 0 Å². The number of carbonyl (C=O) groups is 1. The average molecular weight is 292 g/mol.